The molecule has 0 N–H and O–H groups in total. The van der Waals surface area contributed by atoms with Crippen LogP contribution in [0.15, 0.2) is 29.1 Å². The van der Waals surface area contributed by atoms with Crippen molar-refractivity contribution in [1.82, 2.24) is 20.2 Å². The molecule has 1 atom stereocenters. The van der Waals surface area contributed by atoms with Crippen molar-refractivity contribution in [2.75, 3.05) is 4.90 Å². The fourth-order valence-corrected chi connectivity index (χ4v) is 3.78. The number of nitrogens with zero attached hydrogens (tertiary/aromatic N) is 5. The number of rotatable bonds is 4. The van der Waals surface area contributed by atoms with Crippen molar-refractivity contribution in [2.24, 2.45) is 5.92 Å². The van der Waals surface area contributed by atoms with Crippen LogP contribution in [0.2, 0.25) is 0 Å². The molecule has 1 unspecified atom stereocenters. The van der Waals surface area contributed by atoms with Gasteiger partial charge in [0.05, 0.1) is 24.6 Å². The zero-order chi connectivity index (χ0) is 19.0. The quantitative estimate of drug-likeness (QED) is 0.675. The van der Waals surface area contributed by atoms with Gasteiger partial charge >= 0.3 is 6.43 Å². The molecule has 0 aromatic carbocycles. The summed E-state index contributed by atoms with van der Waals surface area (Å²) in [7, 11) is 0. The van der Waals surface area contributed by atoms with Crippen molar-refractivity contribution in [1.29, 1.82) is 0 Å². The highest BCUT2D eigenvalue weighted by Crippen LogP contribution is 2.32. The van der Waals surface area contributed by atoms with Gasteiger partial charge in [0.2, 0.25) is 5.91 Å². The van der Waals surface area contributed by atoms with E-state index in [1.165, 1.54) is 17.5 Å². The largest absolute Gasteiger partial charge is 0.414 e. The first-order valence-corrected chi connectivity index (χ1v) is 9.15. The molecule has 27 heavy (non-hydrogen) atoms. The van der Waals surface area contributed by atoms with Crippen LogP contribution in [0.3, 0.4) is 0 Å². The smallest absolute Gasteiger partial charge is 0.314 e. The van der Waals surface area contributed by atoms with Crippen LogP contribution < -0.4 is 4.90 Å². The maximum Gasteiger partial charge on any atom is 0.314 e. The Balaban J connectivity index is 1.61. The number of pyridine rings is 1. The molecule has 140 valence electrons. The van der Waals surface area contributed by atoms with E-state index >= 15 is 0 Å². The normalized spacial score (nSPS) is 17.3. The van der Waals surface area contributed by atoms with Crippen molar-refractivity contribution in [3.05, 3.63) is 41.1 Å². The lowest BCUT2D eigenvalue weighted by atomic mass is 10.0. The molecule has 1 amide bonds. The average Bonchev–Trinajstić information content (AvgIpc) is 3.31. The number of halogens is 2. The van der Waals surface area contributed by atoms with Gasteiger partial charge < -0.3 is 9.32 Å². The minimum atomic E-state index is -2.82. The molecule has 0 fully saturated rings. The first-order chi connectivity index (χ1) is 13.0. The lowest BCUT2D eigenvalue weighted by Crippen LogP contribution is -2.33. The van der Waals surface area contributed by atoms with Crippen LogP contribution in [0, 0.1) is 5.92 Å². The second-order valence-electron chi connectivity index (χ2n) is 6.23. The predicted octanol–water partition coefficient (Wildman–Crippen LogP) is 3.64. The summed E-state index contributed by atoms with van der Waals surface area (Å²) in [4.78, 5) is 23.4. The molecule has 3 aromatic rings. The van der Waals surface area contributed by atoms with E-state index in [1.54, 1.807) is 17.3 Å². The van der Waals surface area contributed by atoms with Crippen LogP contribution >= 0.6 is 11.3 Å². The van der Waals surface area contributed by atoms with E-state index < -0.39 is 12.3 Å². The van der Waals surface area contributed by atoms with E-state index in [0.29, 0.717) is 9.88 Å². The Labute approximate surface area is 157 Å². The average molecular weight is 391 g/mol. The molecule has 0 aliphatic carbocycles. The Hall–Kier alpha value is -2.75. The number of amides is 1. The van der Waals surface area contributed by atoms with Crippen molar-refractivity contribution in [2.45, 2.75) is 32.7 Å². The number of hydrogen-bond acceptors (Lipinski definition) is 7. The lowest BCUT2D eigenvalue weighted by Gasteiger charge is -2.23. The monoisotopic (exact) mass is 391 g/mol. The van der Waals surface area contributed by atoms with Gasteiger partial charge in [-0.25, -0.2) is 4.98 Å². The number of carbonyl (C=O) groups excluding carboxylic acids is 1. The van der Waals surface area contributed by atoms with E-state index in [0.717, 1.165) is 24.1 Å². The molecular weight excluding hydrogens is 376 g/mol. The first-order valence-electron chi connectivity index (χ1n) is 8.34. The third kappa shape index (κ3) is 3.44. The lowest BCUT2D eigenvalue weighted by molar-refractivity contribution is -0.122. The number of thiazole rings is 1. The van der Waals surface area contributed by atoms with Gasteiger partial charge in [-0.3, -0.25) is 9.78 Å². The van der Waals surface area contributed by atoms with Crippen molar-refractivity contribution in [3.63, 3.8) is 0 Å². The summed E-state index contributed by atoms with van der Waals surface area (Å²) in [6.45, 7) is 2.18. The van der Waals surface area contributed by atoms with Crippen molar-refractivity contribution in [3.8, 4) is 10.8 Å². The zero-order valence-electron chi connectivity index (χ0n) is 14.3. The van der Waals surface area contributed by atoms with Crippen molar-refractivity contribution >= 4 is 22.9 Å². The van der Waals surface area contributed by atoms with E-state index in [-0.39, 0.29) is 24.3 Å². The molecule has 0 radical (unpaired) electrons. The van der Waals surface area contributed by atoms with Crippen LogP contribution in [-0.4, -0.2) is 26.1 Å². The van der Waals surface area contributed by atoms with Crippen LogP contribution in [0.5, 0.6) is 0 Å². The third-order valence-electron chi connectivity index (χ3n) is 4.40. The van der Waals surface area contributed by atoms with Gasteiger partial charge in [0, 0.05) is 12.1 Å². The summed E-state index contributed by atoms with van der Waals surface area (Å²) in [5.74, 6) is -0.833. The van der Waals surface area contributed by atoms with Crippen LogP contribution in [-0.2, 0) is 17.8 Å². The minimum absolute atomic E-state index is 0.00771. The van der Waals surface area contributed by atoms with Gasteiger partial charge in [0.1, 0.15) is 9.88 Å². The summed E-state index contributed by atoms with van der Waals surface area (Å²) < 4.78 is 30.2. The number of fused-ring (bicyclic) bond motifs is 1. The van der Waals surface area contributed by atoms with E-state index in [1.807, 2.05) is 13.0 Å². The molecule has 0 saturated carbocycles. The third-order valence-corrected chi connectivity index (χ3v) is 5.37. The fourth-order valence-electron chi connectivity index (χ4n) is 2.95. The summed E-state index contributed by atoms with van der Waals surface area (Å²) in [5.41, 5.74) is 1.85. The maximum atomic E-state index is 12.8. The van der Waals surface area contributed by atoms with Gasteiger partial charge in [0.25, 0.3) is 11.8 Å². The Morgan fingerprint density at radius 2 is 2.22 bits per heavy atom. The second-order valence-corrected chi connectivity index (χ2v) is 7.35. The van der Waals surface area contributed by atoms with Gasteiger partial charge in [-0.1, -0.05) is 6.92 Å². The summed E-state index contributed by atoms with van der Waals surface area (Å²) in [6.07, 6.45) is 3.65. The van der Waals surface area contributed by atoms with Crippen LogP contribution in [0.4, 0.5) is 14.5 Å². The Morgan fingerprint density at radius 1 is 1.37 bits per heavy atom. The van der Waals surface area contributed by atoms with E-state index in [4.69, 9.17) is 4.42 Å². The molecule has 4 rings (SSSR count). The molecular formula is C17H15F2N5O2S. The summed E-state index contributed by atoms with van der Waals surface area (Å²) in [5, 5.41) is 7.59. The van der Waals surface area contributed by atoms with Gasteiger partial charge in [-0.05, 0) is 24.5 Å². The molecule has 7 nitrogen and oxygen atoms in total. The number of aromatic nitrogens is 4. The van der Waals surface area contributed by atoms with Crippen molar-refractivity contribution < 1.29 is 18.0 Å². The number of alkyl halides is 2. The highest BCUT2D eigenvalue weighted by molar-refractivity contribution is 7.15. The number of hydrogen-bond donors (Lipinski definition) is 0. The molecule has 1 aliphatic rings. The molecule has 3 aromatic heterocycles. The van der Waals surface area contributed by atoms with Gasteiger partial charge in [-0.15, -0.1) is 21.5 Å². The molecule has 10 heteroatoms. The Morgan fingerprint density at radius 3 is 3.00 bits per heavy atom. The van der Waals surface area contributed by atoms with Crippen LogP contribution in [0.1, 0.15) is 36.2 Å². The van der Waals surface area contributed by atoms with E-state index in [9.17, 15) is 13.6 Å². The Kier molecular flexibility index (Phi) is 4.65. The van der Waals surface area contributed by atoms with E-state index in [2.05, 4.69) is 20.2 Å². The molecule has 0 saturated heterocycles. The van der Waals surface area contributed by atoms with Gasteiger partial charge in [-0.2, -0.15) is 8.78 Å². The first kappa shape index (κ1) is 17.7. The number of anilines is 1. The second kappa shape index (κ2) is 7.10. The summed E-state index contributed by atoms with van der Waals surface area (Å²) >= 11 is 1.22. The predicted molar refractivity (Wildman–Crippen MR) is 93.3 cm³/mol. The highest BCUT2D eigenvalue weighted by Gasteiger charge is 2.28. The number of carbonyl (C=O) groups is 1. The van der Waals surface area contributed by atoms with Gasteiger partial charge in [0.15, 0.2) is 0 Å². The fraction of sp³-hybridized carbons (Fsp3) is 0.353. The highest BCUT2D eigenvalue weighted by atomic mass is 32.1. The maximum absolute atomic E-state index is 12.8. The zero-order valence-corrected chi connectivity index (χ0v) is 15.1. The number of aryl methyl sites for hydroxylation is 1. The minimum Gasteiger partial charge on any atom is -0.414 e. The molecule has 1 aliphatic heterocycles. The molecule has 4 heterocycles. The standard InChI is InChI=1S/C17H15F2N5O2S/c1-9-2-3-10-4-5-20-6-11(10)24(17(9)25)8-13-21-7-12(27-13)15-22-23-16(26-15)14(18)19/h4-7,9,14H,2-3,8H2,1H3. The summed E-state index contributed by atoms with van der Waals surface area (Å²) in [6, 6.07) is 1.92. The molecule has 0 spiro atoms. The Bertz CT molecular complexity index is 974. The topological polar surface area (TPSA) is 85.0 Å². The molecule has 0 bridgehead atoms. The van der Waals surface area contributed by atoms with Crippen LogP contribution in [0.25, 0.3) is 10.8 Å². The SMILES string of the molecule is CC1CCc2ccncc2N(Cc2ncc(-c3nnc(C(F)F)o3)s2)C1=O.